The molecule has 5 aromatic rings. The largest absolute Gasteiger partial charge is 0.449 e. The van der Waals surface area contributed by atoms with Gasteiger partial charge in [0, 0.05) is 47.9 Å². The maximum atomic E-state index is 14.5. The minimum absolute atomic E-state index is 0.0658. The molecule has 1 aliphatic rings. The van der Waals surface area contributed by atoms with E-state index in [-0.39, 0.29) is 36.0 Å². The molecule has 0 spiro atoms. The zero-order chi connectivity index (χ0) is 36.5. The first-order chi connectivity index (χ1) is 25.3. The highest BCUT2D eigenvalue weighted by atomic mass is 32.2. The fourth-order valence-corrected chi connectivity index (χ4v) is 7.40. The molecule has 0 fully saturated rings. The third kappa shape index (κ3) is 7.72. The van der Waals surface area contributed by atoms with E-state index in [4.69, 9.17) is 9.47 Å². The van der Waals surface area contributed by atoms with E-state index in [1.54, 1.807) is 31.3 Å². The topological polar surface area (TPSA) is 123 Å². The van der Waals surface area contributed by atoms with Crippen LogP contribution in [-0.4, -0.2) is 55.2 Å². The van der Waals surface area contributed by atoms with Crippen LogP contribution in [-0.2, 0) is 24.7 Å². The highest BCUT2D eigenvalue weighted by Crippen LogP contribution is 2.45. The maximum absolute atomic E-state index is 14.5. The van der Waals surface area contributed by atoms with E-state index in [0.29, 0.717) is 22.3 Å². The minimum Gasteiger partial charge on any atom is -0.449 e. The number of ether oxygens (including phenoxy) is 2. The van der Waals surface area contributed by atoms with Gasteiger partial charge in [-0.2, -0.15) is 0 Å². The van der Waals surface area contributed by atoms with Gasteiger partial charge in [-0.3, -0.25) is 9.59 Å². The molecule has 0 aliphatic heterocycles. The molecule has 52 heavy (non-hydrogen) atoms. The van der Waals surface area contributed by atoms with Crippen LogP contribution in [0.15, 0.2) is 133 Å². The fraction of sp³-hybridized carbons (Fsp3) is 0.190. The van der Waals surface area contributed by atoms with Crippen LogP contribution >= 0.6 is 11.8 Å². The second kappa shape index (κ2) is 16.4. The van der Waals surface area contributed by atoms with Gasteiger partial charge >= 0.3 is 12.1 Å². The zero-order valence-electron chi connectivity index (χ0n) is 28.8. The summed E-state index contributed by atoms with van der Waals surface area (Å²) in [6.07, 6.45) is -0.774. The number of carbonyl (C=O) groups excluding carboxylic acids is 4. The molecule has 0 radical (unpaired) electrons. The third-order valence-electron chi connectivity index (χ3n) is 9.02. The summed E-state index contributed by atoms with van der Waals surface area (Å²) >= 11 is 1.26. The number of amides is 3. The first kappa shape index (κ1) is 35.9. The van der Waals surface area contributed by atoms with Gasteiger partial charge in [0.1, 0.15) is 12.6 Å². The van der Waals surface area contributed by atoms with Gasteiger partial charge in [0.25, 0.3) is 5.91 Å². The molecule has 10 heteroatoms. The first-order valence-electron chi connectivity index (χ1n) is 16.9. The number of hydrogen-bond donors (Lipinski definition) is 3. The summed E-state index contributed by atoms with van der Waals surface area (Å²) in [6, 6.07) is 40.5. The maximum Gasteiger partial charge on any atom is 0.407 e. The number of fused-ring (bicyclic) bond motifs is 3. The Bertz CT molecular complexity index is 1950. The molecular weight excluding hydrogens is 675 g/mol. The van der Waals surface area contributed by atoms with E-state index < -0.39 is 23.7 Å². The van der Waals surface area contributed by atoms with Crippen molar-refractivity contribution in [2.24, 2.45) is 0 Å². The van der Waals surface area contributed by atoms with Crippen molar-refractivity contribution in [3.05, 3.63) is 167 Å². The molecule has 1 atom stereocenters. The lowest BCUT2D eigenvalue weighted by molar-refractivity contribution is -0.155. The number of carbonyl (C=O) groups is 4. The number of alkyl carbamates (subject to hydrolysis) is 1. The molecule has 9 nitrogen and oxygen atoms in total. The Balaban J connectivity index is 1.30. The molecule has 0 heterocycles. The van der Waals surface area contributed by atoms with Crippen molar-refractivity contribution in [3.63, 3.8) is 0 Å². The second-order valence-corrected chi connectivity index (χ2v) is 13.3. The Morgan fingerprint density at radius 1 is 0.712 bits per heavy atom. The SMILES string of the molecule is CNC(=O)c1ccc(C(OC(=O)[C@H](CSCNC(C)=O)NC(=O)OCC2c3ccccc3-c3ccccc32)(c2ccccc2)c2ccccc2)cc1. The summed E-state index contributed by atoms with van der Waals surface area (Å²) in [5.41, 5.74) is 5.22. The molecule has 3 N–H and O–H groups in total. The molecular formula is C42H39N3O6S. The van der Waals surface area contributed by atoms with E-state index in [0.717, 1.165) is 22.3 Å². The van der Waals surface area contributed by atoms with Crippen molar-refractivity contribution < 1.29 is 28.7 Å². The Labute approximate surface area is 307 Å². The van der Waals surface area contributed by atoms with Crippen LogP contribution in [0.3, 0.4) is 0 Å². The van der Waals surface area contributed by atoms with E-state index in [1.807, 2.05) is 97.1 Å². The number of nitrogens with one attached hydrogen (secondary N) is 3. The van der Waals surface area contributed by atoms with Gasteiger partial charge < -0.3 is 25.4 Å². The smallest absolute Gasteiger partial charge is 0.407 e. The van der Waals surface area contributed by atoms with E-state index >= 15 is 0 Å². The molecule has 264 valence electrons. The standard InChI is InChI=1S/C42H39N3O6S/c1-28(46)44-27-52-26-38(45-41(49)50-25-37-35-19-11-9-17-33(35)34-18-10-12-20-36(34)37)40(48)51-42(30-13-5-3-6-14-30,31-15-7-4-8-16-31)32-23-21-29(22-24-32)39(47)43-2/h3-24,37-38H,25-27H2,1-2H3,(H,43,47)(H,44,46)(H,45,49)/t38-/m0/s1. The highest BCUT2D eigenvalue weighted by molar-refractivity contribution is 7.99. The summed E-state index contributed by atoms with van der Waals surface area (Å²) < 4.78 is 12.4. The zero-order valence-corrected chi connectivity index (χ0v) is 29.7. The van der Waals surface area contributed by atoms with Crippen LogP contribution < -0.4 is 16.0 Å². The van der Waals surface area contributed by atoms with Gasteiger partial charge in [-0.1, -0.05) is 121 Å². The minimum atomic E-state index is -1.47. The van der Waals surface area contributed by atoms with Crippen molar-refractivity contribution in [3.8, 4) is 11.1 Å². The van der Waals surface area contributed by atoms with Gasteiger partial charge in [0.2, 0.25) is 5.91 Å². The van der Waals surface area contributed by atoms with Crippen molar-refractivity contribution >= 4 is 35.6 Å². The average Bonchev–Trinajstić information content (AvgIpc) is 3.51. The highest BCUT2D eigenvalue weighted by Gasteiger charge is 2.42. The lowest BCUT2D eigenvalue weighted by Crippen LogP contribution is -2.48. The van der Waals surface area contributed by atoms with Gasteiger partial charge in [0.15, 0.2) is 5.60 Å². The quantitative estimate of drug-likeness (QED) is 0.0543. The van der Waals surface area contributed by atoms with Crippen LogP contribution in [0.2, 0.25) is 0 Å². The lowest BCUT2D eigenvalue weighted by Gasteiger charge is -2.36. The van der Waals surface area contributed by atoms with Gasteiger partial charge in [-0.25, -0.2) is 9.59 Å². The first-order valence-corrected chi connectivity index (χ1v) is 18.1. The molecule has 1 aliphatic carbocycles. The van der Waals surface area contributed by atoms with Gasteiger partial charge in [0.05, 0.1) is 5.88 Å². The van der Waals surface area contributed by atoms with Crippen LogP contribution in [0.5, 0.6) is 0 Å². The Hall–Kier alpha value is -5.87. The normalized spacial score (nSPS) is 12.5. The molecule has 3 amide bonds. The van der Waals surface area contributed by atoms with Crippen LogP contribution in [0.4, 0.5) is 4.79 Å². The second-order valence-electron chi connectivity index (χ2n) is 12.3. The van der Waals surface area contributed by atoms with E-state index in [9.17, 15) is 19.2 Å². The predicted octanol–water partition coefficient (Wildman–Crippen LogP) is 6.62. The van der Waals surface area contributed by atoms with Gasteiger partial charge in [-0.05, 0) is 34.4 Å². The number of rotatable bonds is 13. The Kier molecular flexibility index (Phi) is 11.4. The number of esters is 1. The van der Waals surface area contributed by atoms with E-state index in [2.05, 4.69) is 28.1 Å². The lowest BCUT2D eigenvalue weighted by atomic mass is 9.79. The number of benzene rings is 5. The molecule has 0 aromatic heterocycles. The van der Waals surface area contributed by atoms with Crippen LogP contribution in [0, 0.1) is 0 Å². The van der Waals surface area contributed by atoms with Crippen molar-refractivity contribution in [2.75, 3.05) is 25.3 Å². The average molecular weight is 714 g/mol. The predicted molar refractivity (Wildman–Crippen MR) is 202 cm³/mol. The van der Waals surface area contributed by atoms with Crippen molar-refractivity contribution in [1.82, 2.24) is 16.0 Å². The monoisotopic (exact) mass is 713 g/mol. The van der Waals surface area contributed by atoms with E-state index in [1.165, 1.54) is 18.7 Å². The number of thioether (sulfide) groups is 1. The molecule has 0 saturated heterocycles. The summed E-state index contributed by atoms with van der Waals surface area (Å²) in [4.78, 5) is 52.1. The molecule has 0 bridgehead atoms. The summed E-state index contributed by atoms with van der Waals surface area (Å²) in [7, 11) is 1.56. The summed E-state index contributed by atoms with van der Waals surface area (Å²) in [5.74, 6) is -1.06. The molecule has 0 unspecified atom stereocenters. The number of hydrogen-bond acceptors (Lipinski definition) is 7. The molecule has 6 rings (SSSR count). The molecule has 0 saturated carbocycles. The Morgan fingerprint density at radius 3 is 1.77 bits per heavy atom. The Morgan fingerprint density at radius 2 is 1.23 bits per heavy atom. The van der Waals surface area contributed by atoms with Crippen LogP contribution in [0.1, 0.15) is 51.0 Å². The molecule has 5 aromatic carbocycles. The van der Waals surface area contributed by atoms with Crippen molar-refractivity contribution in [2.45, 2.75) is 24.5 Å². The van der Waals surface area contributed by atoms with Crippen molar-refractivity contribution in [1.29, 1.82) is 0 Å². The fourth-order valence-electron chi connectivity index (χ4n) is 6.53. The van der Waals surface area contributed by atoms with Gasteiger partial charge in [-0.15, -0.1) is 11.8 Å². The summed E-state index contributed by atoms with van der Waals surface area (Å²) in [5, 5.41) is 8.11. The summed E-state index contributed by atoms with van der Waals surface area (Å²) in [6.45, 7) is 1.47. The van der Waals surface area contributed by atoms with Crippen LogP contribution in [0.25, 0.3) is 11.1 Å². The third-order valence-corrected chi connectivity index (χ3v) is 9.94.